The van der Waals surface area contributed by atoms with Crippen LogP contribution in [0.1, 0.15) is 84.0 Å². The van der Waals surface area contributed by atoms with Crippen LogP contribution in [0.25, 0.3) is 0 Å². The van der Waals surface area contributed by atoms with Gasteiger partial charge in [0.1, 0.15) is 11.9 Å². The molecule has 7 nitrogen and oxygen atoms in total. The van der Waals surface area contributed by atoms with Crippen molar-refractivity contribution in [2.75, 3.05) is 19.8 Å². The van der Waals surface area contributed by atoms with Crippen LogP contribution in [0.15, 0.2) is 36.9 Å². The topological polar surface area (TPSA) is 80.3 Å². The molecule has 0 amide bonds. The van der Waals surface area contributed by atoms with E-state index in [4.69, 9.17) is 24.0 Å². The Hall–Kier alpha value is -2.54. The Balaban J connectivity index is 1.20. The lowest BCUT2D eigenvalue weighted by Gasteiger charge is -2.30. The zero-order valence-electron chi connectivity index (χ0n) is 22.4. The van der Waals surface area contributed by atoms with Gasteiger partial charge in [-0.1, -0.05) is 13.5 Å². The van der Waals surface area contributed by atoms with Crippen molar-refractivity contribution < 1.29 is 33.6 Å². The second-order valence-electron chi connectivity index (χ2n) is 10.5. The Labute approximate surface area is 221 Å². The maximum absolute atomic E-state index is 12.5. The molecule has 0 heterocycles. The highest BCUT2D eigenvalue weighted by Crippen LogP contribution is 2.32. The third-order valence-electron chi connectivity index (χ3n) is 7.43. The second-order valence-corrected chi connectivity index (χ2v) is 10.5. The van der Waals surface area contributed by atoms with Gasteiger partial charge in [-0.3, -0.25) is 4.79 Å². The van der Waals surface area contributed by atoms with Gasteiger partial charge in [0.15, 0.2) is 5.75 Å². The van der Waals surface area contributed by atoms with Crippen LogP contribution in [0.4, 0.5) is 0 Å². The molecule has 0 aliphatic heterocycles. The van der Waals surface area contributed by atoms with Crippen molar-refractivity contribution in [2.45, 2.75) is 90.1 Å². The summed E-state index contributed by atoms with van der Waals surface area (Å²) in [5, 5.41) is 0. The fourth-order valence-corrected chi connectivity index (χ4v) is 4.94. The molecule has 0 saturated heterocycles. The summed E-state index contributed by atoms with van der Waals surface area (Å²) in [7, 11) is 0. The number of hydrogen-bond donors (Lipinski definition) is 0. The smallest absolute Gasteiger partial charge is 0.330 e. The maximum atomic E-state index is 12.5. The summed E-state index contributed by atoms with van der Waals surface area (Å²) in [5.41, 5.74) is 0. The molecule has 1 aromatic carbocycles. The first kappa shape index (κ1) is 29.0. The molecule has 0 bridgehead atoms. The first-order valence-electron chi connectivity index (χ1n) is 14.1. The average molecular weight is 517 g/mol. The second kappa shape index (κ2) is 16.3. The van der Waals surface area contributed by atoms with Crippen LogP contribution in [-0.2, 0) is 24.0 Å². The molecule has 0 radical (unpaired) electrons. The summed E-state index contributed by atoms with van der Waals surface area (Å²) in [4.78, 5) is 34.5. The van der Waals surface area contributed by atoms with E-state index in [9.17, 15) is 9.59 Å². The first-order valence-corrected chi connectivity index (χ1v) is 14.1. The molecular weight excluding hydrogens is 472 g/mol. The molecule has 2 fully saturated rings. The van der Waals surface area contributed by atoms with E-state index >= 15 is 0 Å². The van der Waals surface area contributed by atoms with Crippen molar-refractivity contribution in [1.29, 1.82) is 0 Å². The fourth-order valence-electron chi connectivity index (χ4n) is 4.94. The Kier molecular flexibility index (Phi) is 12.8. The molecule has 7 heteroatoms. The number of esters is 2. The van der Waals surface area contributed by atoms with E-state index in [0.29, 0.717) is 31.5 Å². The van der Waals surface area contributed by atoms with Crippen LogP contribution >= 0.6 is 0 Å². The van der Waals surface area contributed by atoms with Gasteiger partial charge >= 0.3 is 11.9 Å². The predicted molar refractivity (Wildman–Crippen MR) is 141 cm³/mol. The molecule has 0 atom stereocenters. The number of unbranched alkanes of at least 4 members (excludes halogenated alkanes) is 3. The zero-order chi connectivity index (χ0) is 26.3. The molecule has 0 N–H and O–H groups in total. The van der Waals surface area contributed by atoms with Crippen LogP contribution in [-0.4, -0.2) is 37.9 Å². The van der Waals surface area contributed by atoms with Crippen molar-refractivity contribution in [3.63, 3.8) is 0 Å². The Morgan fingerprint density at radius 3 is 2.19 bits per heavy atom. The summed E-state index contributed by atoms with van der Waals surface area (Å²) in [6.07, 6.45) is 13.1. The minimum Gasteiger partial charge on any atom is -0.494 e. The third-order valence-corrected chi connectivity index (χ3v) is 7.43. The molecule has 3 rings (SSSR count). The van der Waals surface area contributed by atoms with Gasteiger partial charge in [0, 0.05) is 6.08 Å². The predicted octanol–water partition coefficient (Wildman–Crippen LogP) is 6.59. The zero-order valence-corrected chi connectivity index (χ0v) is 22.4. The normalized spacial score (nSPS) is 23.6. The average Bonchev–Trinajstić information content (AvgIpc) is 2.92. The van der Waals surface area contributed by atoms with Gasteiger partial charge in [-0.05, 0) is 113 Å². The van der Waals surface area contributed by atoms with Gasteiger partial charge in [0.05, 0.1) is 25.7 Å². The molecule has 206 valence electrons. The molecule has 2 aliphatic rings. The summed E-state index contributed by atoms with van der Waals surface area (Å²) >= 11 is 0. The molecule has 2 aliphatic carbocycles. The maximum Gasteiger partial charge on any atom is 0.330 e. The van der Waals surface area contributed by atoms with Crippen LogP contribution in [0.2, 0.25) is 0 Å². The van der Waals surface area contributed by atoms with E-state index in [-0.39, 0.29) is 24.0 Å². The minimum atomic E-state index is -0.369. The highest BCUT2D eigenvalue weighted by Gasteiger charge is 2.30. The van der Waals surface area contributed by atoms with Crippen molar-refractivity contribution >= 4 is 11.9 Å². The lowest BCUT2D eigenvalue weighted by molar-refractivity contribution is -0.218. The lowest BCUT2D eigenvalue weighted by atomic mass is 9.82. The molecule has 0 spiro atoms. The first-order chi connectivity index (χ1) is 18.0. The largest absolute Gasteiger partial charge is 0.494 e. The van der Waals surface area contributed by atoms with E-state index in [1.54, 1.807) is 0 Å². The molecule has 0 aromatic heterocycles. The lowest BCUT2D eigenvalue weighted by Crippen LogP contribution is -2.30. The molecule has 37 heavy (non-hydrogen) atoms. The van der Waals surface area contributed by atoms with Crippen LogP contribution in [0.5, 0.6) is 11.5 Å². The Morgan fingerprint density at radius 2 is 1.51 bits per heavy atom. The fraction of sp³-hybridized carbons (Fsp3) is 0.667. The van der Waals surface area contributed by atoms with Gasteiger partial charge in [0.2, 0.25) is 0 Å². The highest BCUT2D eigenvalue weighted by atomic mass is 17.2. The van der Waals surface area contributed by atoms with Crippen molar-refractivity contribution in [3.05, 3.63) is 36.9 Å². The molecule has 1 aromatic rings. The molecule has 2 saturated carbocycles. The van der Waals surface area contributed by atoms with Gasteiger partial charge < -0.3 is 19.1 Å². The SMILES string of the molecule is C=CC(=O)OCCCCCCOc1ccc(OOCC2CCC(C(=O)OC3CCC(C)CC3)CC2)cc1. The van der Waals surface area contributed by atoms with Crippen molar-refractivity contribution in [2.24, 2.45) is 17.8 Å². The number of benzene rings is 1. The van der Waals surface area contributed by atoms with Crippen LogP contribution in [0.3, 0.4) is 0 Å². The van der Waals surface area contributed by atoms with E-state index in [2.05, 4.69) is 13.5 Å². The van der Waals surface area contributed by atoms with Gasteiger partial charge in [-0.15, -0.1) is 0 Å². The number of carbonyl (C=O) groups excluding carboxylic acids is 2. The van der Waals surface area contributed by atoms with E-state index in [1.807, 2.05) is 24.3 Å². The van der Waals surface area contributed by atoms with Crippen LogP contribution < -0.4 is 9.62 Å². The van der Waals surface area contributed by atoms with E-state index in [0.717, 1.165) is 88.7 Å². The number of carbonyl (C=O) groups is 2. The minimum absolute atomic E-state index is 0.00372. The van der Waals surface area contributed by atoms with Crippen molar-refractivity contribution in [3.8, 4) is 11.5 Å². The number of hydrogen-bond acceptors (Lipinski definition) is 7. The summed E-state index contributed by atoms with van der Waals surface area (Å²) in [6, 6.07) is 7.42. The summed E-state index contributed by atoms with van der Waals surface area (Å²) in [6.45, 7) is 7.24. The van der Waals surface area contributed by atoms with Crippen LogP contribution in [0, 0.1) is 17.8 Å². The molecular formula is C30H44O7. The van der Waals surface area contributed by atoms with E-state index < -0.39 is 0 Å². The standard InChI is InChI=1S/C30H44O7/c1-3-29(31)34-21-7-5-4-6-20-33-26-16-18-28(19-17-26)37-35-22-24-10-12-25(13-11-24)30(32)36-27-14-8-23(2)9-15-27/h3,16-19,23-25,27H,1,4-15,20-22H2,2H3. The molecule has 0 unspecified atom stereocenters. The highest BCUT2D eigenvalue weighted by molar-refractivity contribution is 5.81. The quantitative estimate of drug-likeness (QED) is 0.0855. The van der Waals surface area contributed by atoms with Gasteiger partial charge in [0.25, 0.3) is 0 Å². The Bertz CT molecular complexity index is 806. The van der Waals surface area contributed by atoms with Crippen molar-refractivity contribution in [1.82, 2.24) is 0 Å². The number of ether oxygens (including phenoxy) is 3. The third kappa shape index (κ3) is 11.2. The Morgan fingerprint density at radius 1 is 0.865 bits per heavy atom. The summed E-state index contributed by atoms with van der Waals surface area (Å²) in [5.74, 6) is 2.26. The monoisotopic (exact) mass is 516 g/mol. The van der Waals surface area contributed by atoms with Gasteiger partial charge in [-0.2, -0.15) is 4.89 Å². The van der Waals surface area contributed by atoms with Gasteiger partial charge in [-0.25, -0.2) is 4.79 Å². The van der Waals surface area contributed by atoms with E-state index in [1.165, 1.54) is 6.08 Å². The summed E-state index contributed by atoms with van der Waals surface area (Å²) < 4.78 is 16.5. The number of rotatable bonds is 15.